The summed E-state index contributed by atoms with van der Waals surface area (Å²) in [6.45, 7) is 9.56. The van der Waals surface area contributed by atoms with Crippen molar-refractivity contribution in [2.24, 2.45) is 34.8 Å². The molecule has 0 spiro atoms. The number of aliphatic hydroxyl groups is 3. The van der Waals surface area contributed by atoms with Crippen LogP contribution in [0, 0.1) is 29.1 Å². The summed E-state index contributed by atoms with van der Waals surface area (Å²) in [4.78, 5) is 130. The van der Waals surface area contributed by atoms with Crippen molar-refractivity contribution < 1.29 is 63.2 Å². The highest BCUT2D eigenvalue weighted by Gasteiger charge is 2.45. The topological polar surface area (TPSA) is 329 Å². The molecule has 11 N–H and O–H groups in total. The van der Waals surface area contributed by atoms with E-state index in [1.165, 1.54) is 6.92 Å². The number of unbranched alkanes of at least 4 members (excludes halogenated alkanes) is 3. The first kappa shape index (κ1) is 58.3. The molecule has 1 fully saturated rings. The summed E-state index contributed by atoms with van der Waals surface area (Å²) in [5, 5.41) is 45.8. The van der Waals surface area contributed by atoms with Crippen molar-refractivity contribution in [3.8, 4) is 5.75 Å². The fourth-order valence-electron chi connectivity index (χ4n) is 9.50. The van der Waals surface area contributed by atoms with E-state index in [0.717, 1.165) is 48.8 Å². The van der Waals surface area contributed by atoms with Crippen LogP contribution in [0.2, 0.25) is 0 Å². The Morgan fingerprint density at radius 3 is 2.23 bits per heavy atom. The molecule has 10 atom stereocenters. The molecule has 404 valence electrons. The molecule has 0 unspecified atom stereocenters. The molecule has 7 amide bonds. The molecule has 21 nitrogen and oxygen atoms in total. The number of hydrogen-bond acceptors (Lipinski definition) is 14. The van der Waals surface area contributed by atoms with Gasteiger partial charge in [0.05, 0.1) is 67.1 Å². The van der Waals surface area contributed by atoms with Gasteiger partial charge in [-0.15, -0.1) is 11.8 Å². The number of thioether (sulfide) groups is 1. The minimum atomic E-state index is -1.58. The number of aromatic nitrogens is 1. The molecular formula is C51H76N8O13S. The summed E-state index contributed by atoms with van der Waals surface area (Å²) in [6, 6.07) is -0.221. The average molecular weight is 1040 g/mol. The molecule has 4 heterocycles. The van der Waals surface area contributed by atoms with Crippen LogP contribution in [0.3, 0.4) is 0 Å². The maximum absolute atomic E-state index is 14.8. The second-order valence-electron chi connectivity index (χ2n) is 21.1. The number of Topliss-reactive ketones (excluding diaryl/α,β-unsaturated/α-hetero) is 2. The zero-order valence-electron chi connectivity index (χ0n) is 42.9. The van der Waals surface area contributed by atoms with Crippen LogP contribution in [0.5, 0.6) is 5.75 Å². The fourth-order valence-corrected chi connectivity index (χ4v) is 10.7. The lowest BCUT2D eigenvalue weighted by Crippen LogP contribution is -2.56. The van der Waals surface area contributed by atoms with Gasteiger partial charge in [0.15, 0.2) is 11.6 Å². The number of amides is 7. The molecule has 5 rings (SSSR count). The van der Waals surface area contributed by atoms with Crippen LogP contribution >= 0.6 is 11.8 Å². The first-order chi connectivity index (χ1) is 34.5. The Labute approximate surface area is 430 Å². The zero-order chi connectivity index (χ0) is 53.7. The van der Waals surface area contributed by atoms with E-state index in [4.69, 9.17) is 10.5 Å². The van der Waals surface area contributed by atoms with Crippen molar-refractivity contribution in [1.29, 1.82) is 0 Å². The number of ether oxygens (including phenoxy) is 1. The van der Waals surface area contributed by atoms with Gasteiger partial charge in [-0.1, -0.05) is 67.2 Å². The van der Waals surface area contributed by atoms with E-state index in [0.29, 0.717) is 40.3 Å². The summed E-state index contributed by atoms with van der Waals surface area (Å²) < 4.78 is 6.17. The van der Waals surface area contributed by atoms with Crippen LogP contribution in [-0.2, 0) is 49.6 Å². The summed E-state index contributed by atoms with van der Waals surface area (Å²) >= 11 is 1.09. The first-order valence-corrected chi connectivity index (χ1v) is 26.4. The first-order valence-electron chi connectivity index (χ1n) is 25.5. The lowest BCUT2D eigenvalue weighted by Gasteiger charge is -2.32. The summed E-state index contributed by atoms with van der Waals surface area (Å²) in [6.07, 6.45) is 0.326. The number of hydrogen-bond donors (Lipinski definition) is 10. The highest BCUT2D eigenvalue weighted by Crippen LogP contribution is 2.36. The number of ketones is 2. The Hall–Kier alpha value is -5.58. The highest BCUT2D eigenvalue weighted by atomic mass is 32.2. The minimum absolute atomic E-state index is 0.172. The number of rotatable bonds is 14. The van der Waals surface area contributed by atoms with Gasteiger partial charge in [-0.2, -0.15) is 0 Å². The molecule has 0 aliphatic carbocycles. The standard InChI is InChI=1S/C51H76N8O13S/c1-7-27(2)44-48(70)54-22-42(66)55-36-26-73-49-34(33-13-12-32(21-35(33)56-49)72-15-11-9-8-10-14-51(4,5)6)16-29(46(68)53-23-43(67)57-44)17-39(63)45(28(3)40(64)25-60)58-47(69)37-20-31(61)24-59(37)50(71)30(18-38(36)62)19-41(52)65/h12-13,21,27-31,36-37,40,44-45,56,60-61,64H,7-11,14-20,22-26H2,1-6H3,(H2,52,65)(H,53,68)(H,54,70)(H,55,66)(H,57,67)(H,58,69)/t27-,28-,29+,30-,31+,36-,37-,40-,44-,45-/m0/s1. The number of benzene rings is 1. The van der Waals surface area contributed by atoms with Crippen LogP contribution in [-0.4, -0.2) is 153 Å². The van der Waals surface area contributed by atoms with Gasteiger partial charge in [0.25, 0.3) is 0 Å². The number of fused-ring (bicyclic) bond motifs is 5. The van der Waals surface area contributed by atoms with Gasteiger partial charge in [0.1, 0.15) is 17.8 Å². The van der Waals surface area contributed by atoms with Crippen molar-refractivity contribution in [3.63, 3.8) is 0 Å². The Bertz CT molecular complexity index is 2340. The predicted octanol–water partition coefficient (Wildman–Crippen LogP) is 0.915. The van der Waals surface area contributed by atoms with Gasteiger partial charge in [-0.25, -0.2) is 0 Å². The maximum atomic E-state index is 14.8. The van der Waals surface area contributed by atoms with Crippen molar-refractivity contribution in [2.45, 2.75) is 154 Å². The van der Waals surface area contributed by atoms with Crippen molar-refractivity contribution >= 4 is 75.6 Å². The van der Waals surface area contributed by atoms with Gasteiger partial charge in [0.2, 0.25) is 41.4 Å². The van der Waals surface area contributed by atoms with E-state index in [2.05, 4.69) is 52.3 Å². The van der Waals surface area contributed by atoms with Crippen molar-refractivity contribution in [2.75, 3.05) is 38.6 Å². The van der Waals surface area contributed by atoms with Crippen LogP contribution in [0.25, 0.3) is 10.9 Å². The number of aliphatic hydroxyl groups excluding tert-OH is 3. The molecule has 1 saturated heterocycles. The van der Waals surface area contributed by atoms with Gasteiger partial charge < -0.3 is 62.3 Å². The van der Waals surface area contributed by atoms with Crippen LogP contribution in [0.4, 0.5) is 0 Å². The largest absolute Gasteiger partial charge is 0.494 e. The van der Waals surface area contributed by atoms with Gasteiger partial charge >= 0.3 is 0 Å². The third kappa shape index (κ3) is 16.5. The number of nitrogens with two attached hydrogens (primary N) is 1. The Balaban J connectivity index is 1.65. The smallest absolute Gasteiger partial charge is 0.243 e. The molecule has 0 radical (unpaired) electrons. The number of primary amides is 1. The number of H-pyrrole nitrogens is 1. The molecule has 1 aromatic heterocycles. The lowest BCUT2D eigenvalue weighted by molar-refractivity contribution is -0.145. The zero-order valence-corrected chi connectivity index (χ0v) is 43.7. The van der Waals surface area contributed by atoms with Gasteiger partial charge in [0, 0.05) is 61.3 Å². The molecule has 3 aliphatic rings. The number of carbonyl (C=O) groups excluding carboxylic acids is 9. The normalized spacial score (nSPS) is 25.9. The summed E-state index contributed by atoms with van der Waals surface area (Å²) in [5.74, 6) is -11.3. The highest BCUT2D eigenvalue weighted by molar-refractivity contribution is 7.99. The Morgan fingerprint density at radius 1 is 0.877 bits per heavy atom. The molecule has 22 heteroatoms. The second kappa shape index (κ2) is 26.6. The Morgan fingerprint density at radius 2 is 1.56 bits per heavy atom. The van der Waals surface area contributed by atoms with Gasteiger partial charge in [-0.3, -0.25) is 43.2 Å². The van der Waals surface area contributed by atoms with E-state index in [-0.39, 0.29) is 24.0 Å². The average Bonchev–Trinajstić information content (AvgIpc) is 3.90. The Kier molecular flexibility index (Phi) is 21.2. The van der Waals surface area contributed by atoms with Gasteiger partial charge in [-0.05, 0) is 48.3 Å². The molecule has 73 heavy (non-hydrogen) atoms. The van der Waals surface area contributed by atoms with Crippen molar-refractivity contribution in [1.82, 2.24) is 36.5 Å². The van der Waals surface area contributed by atoms with Crippen molar-refractivity contribution in [3.05, 3.63) is 23.8 Å². The number of carbonyl (C=O) groups is 9. The van der Waals surface area contributed by atoms with E-state index in [1.54, 1.807) is 32.0 Å². The quantitative estimate of drug-likeness (QED) is 0.118. The van der Waals surface area contributed by atoms with Crippen LogP contribution < -0.4 is 37.1 Å². The fraction of sp³-hybridized carbons (Fsp3) is 0.667. The monoisotopic (exact) mass is 1040 g/mol. The van der Waals surface area contributed by atoms with E-state index in [1.807, 2.05) is 0 Å². The summed E-state index contributed by atoms with van der Waals surface area (Å²) in [7, 11) is 0. The number of nitrogens with one attached hydrogen (secondary N) is 6. The third-order valence-electron chi connectivity index (χ3n) is 14.0. The molecule has 0 saturated carbocycles. The predicted molar refractivity (Wildman–Crippen MR) is 270 cm³/mol. The van der Waals surface area contributed by atoms with Crippen LogP contribution in [0.15, 0.2) is 23.2 Å². The number of aromatic amines is 1. The molecule has 3 aliphatic heterocycles. The van der Waals surface area contributed by atoms with E-state index < -0.39 is 158 Å². The molecular weight excluding hydrogens is 965 g/mol. The summed E-state index contributed by atoms with van der Waals surface area (Å²) in [5.41, 5.74) is 6.95. The maximum Gasteiger partial charge on any atom is 0.243 e. The van der Waals surface area contributed by atoms with E-state index in [9.17, 15) is 58.5 Å². The second-order valence-corrected chi connectivity index (χ2v) is 22.1. The lowest BCUT2D eigenvalue weighted by atomic mass is 9.85. The van der Waals surface area contributed by atoms with Crippen LogP contribution in [0.1, 0.15) is 111 Å². The molecule has 2 bridgehead atoms. The SMILES string of the molecule is CC[C@H](C)[C@@H]1NC(=O)CNC(=O)[C@H]2CC(=O)[C@H]([C@@H](C)[C@@H](O)CO)NC(=O)[C@@H]3C[C@@H](O)CN3C(=O)[C@H](CC(N)=O)CC(=O)[C@H](CSc3[nH]c4cc(OCCCCCCC(C)(C)C)ccc4c3C2)NC(=O)CNC1=O. The molecule has 1 aromatic carbocycles. The van der Waals surface area contributed by atoms with E-state index >= 15 is 0 Å². The molecule has 2 aromatic rings. The third-order valence-corrected chi connectivity index (χ3v) is 15.2. The number of nitrogens with zero attached hydrogens (tertiary/aromatic N) is 1. The minimum Gasteiger partial charge on any atom is -0.494 e.